The highest BCUT2D eigenvalue weighted by molar-refractivity contribution is 5.84. The van der Waals surface area contributed by atoms with Crippen LogP contribution < -0.4 is 14.9 Å². The topological polar surface area (TPSA) is 75.0 Å². The van der Waals surface area contributed by atoms with Crippen LogP contribution in [0.5, 0.6) is 11.5 Å². The maximum absolute atomic E-state index is 13.0. The van der Waals surface area contributed by atoms with Crippen molar-refractivity contribution in [3.63, 3.8) is 0 Å². The molecule has 2 aromatic carbocycles. The van der Waals surface area contributed by atoms with Gasteiger partial charge in [0.2, 0.25) is 5.43 Å². The molecule has 0 bridgehead atoms. The van der Waals surface area contributed by atoms with Gasteiger partial charge in [-0.3, -0.25) is 4.79 Å². The standard InChI is InChI=1S/C23H24O6/c1-4-5-12-27-23(25)15(2)29-16-10-11-18-21(13-16)28-14-19(22(18)24)17-8-6-7-9-20(17)26-3/h6-11,13-15H,4-5,12H2,1-3H3. The number of carbonyl (C=O) groups is 1. The third-order valence-corrected chi connectivity index (χ3v) is 4.53. The second-order valence-electron chi connectivity index (χ2n) is 6.62. The Kier molecular flexibility index (Phi) is 6.54. The number of esters is 1. The van der Waals surface area contributed by atoms with E-state index in [0.29, 0.717) is 40.2 Å². The number of para-hydroxylation sites is 1. The van der Waals surface area contributed by atoms with Gasteiger partial charge < -0.3 is 18.6 Å². The van der Waals surface area contributed by atoms with E-state index in [1.165, 1.54) is 6.26 Å². The second kappa shape index (κ2) is 9.28. The minimum absolute atomic E-state index is 0.172. The quantitative estimate of drug-likeness (QED) is 0.410. The van der Waals surface area contributed by atoms with Crippen LogP contribution >= 0.6 is 0 Å². The molecule has 6 heteroatoms. The fourth-order valence-electron chi connectivity index (χ4n) is 2.92. The average molecular weight is 396 g/mol. The third-order valence-electron chi connectivity index (χ3n) is 4.53. The maximum Gasteiger partial charge on any atom is 0.347 e. The van der Waals surface area contributed by atoms with Crippen LogP contribution in [0.4, 0.5) is 0 Å². The molecule has 1 unspecified atom stereocenters. The van der Waals surface area contributed by atoms with Crippen molar-refractivity contribution in [1.82, 2.24) is 0 Å². The molecule has 6 nitrogen and oxygen atoms in total. The van der Waals surface area contributed by atoms with Gasteiger partial charge in [0, 0.05) is 11.6 Å². The van der Waals surface area contributed by atoms with Crippen molar-refractivity contribution in [2.24, 2.45) is 0 Å². The lowest BCUT2D eigenvalue weighted by Gasteiger charge is -2.14. The summed E-state index contributed by atoms with van der Waals surface area (Å²) in [5.41, 5.74) is 1.28. The molecule has 0 saturated carbocycles. The third kappa shape index (κ3) is 4.59. The van der Waals surface area contributed by atoms with Crippen molar-refractivity contribution in [2.75, 3.05) is 13.7 Å². The predicted molar refractivity (Wildman–Crippen MR) is 110 cm³/mol. The molecule has 0 aliphatic rings. The summed E-state index contributed by atoms with van der Waals surface area (Å²) in [5.74, 6) is 0.590. The highest BCUT2D eigenvalue weighted by atomic mass is 16.6. The molecule has 3 rings (SSSR count). The van der Waals surface area contributed by atoms with Crippen LogP contribution in [0.15, 0.2) is 57.9 Å². The molecule has 0 spiro atoms. The second-order valence-corrected chi connectivity index (χ2v) is 6.62. The summed E-state index contributed by atoms with van der Waals surface area (Å²) in [7, 11) is 1.56. The van der Waals surface area contributed by atoms with E-state index < -0.39 is 12.1 Å². The molecule has 1 heterocycles. The van der Waals surface area contributed by atoms with E-state index in [1.54, 1.807) is 44.4 Å². The Hall–Kier alpha value is -3.28. The number of rotatable bonds is 8. The van der Waals surface area contributed by atoms with E-state index >= 15 is 0 Å². The van der Waals surface area contributed by atoms with Gasteiger partial charge in [0.15, 0.2) is 6.10 Å². The van der Waals surface area contributed by atoms with E-state index in [0.717, 1.165) is 12.8 Å². The lowest BCUT2D eigenvalue weighted by Crippen LogP contribution is -2.26. The monoisotopic (exact) mass is 396 g/mol. The van der Waals surface area contributed by atoms with Crippen LogP contribution in [-0.2, 0) is 9.53 Å². The molecule has 1 aromatic heterocycles. The van der Waals surface area contributed by atoms with Gasteiger partial charge >= 0.3 is 5.97 Å². The number of unbranched alkanes of at least 4 members (excludes halogenated alkanes) is 1. The summed E-state index contributed by atoms with van der Waals surface area (Å²) in [4.78, 5) is 24.9. The van der Waals surface area contributed by atoms with E-state index in [-0.39, 0.29) is 5.43 Å². The van der Waals surface area contributed by atoms with Crippen molar-refractivity contribution in [3.8, 4) is 22.6 Å². The number of hydrogen-bond acceptors (Lipinski definition) is 6. The van der Waals surface area contributed by atoms with Crippen molar-refractivity contribution in [1.29, 1.82) is 0 Å². The summed E-state index contributed by atoms with van der Waals surface area (Å²) in [6, 6.07) is 12.1. The van der Waals surface area contributed by atoms with E-state index in [1.807, 2.05) is 19.1 Å². The first-order valence-corrected chi connectivity index (χ1v) is 9.57. The van der Waals surface area contributed by atoms with Crippen LogP contribution in [0.2, 0.25) is 0 Å². The molecule has 0 aliphatic heterocycles. The van der Waals surface area contributed by atoms with Crippen LogP contribution in [-0.4, -0.2) is 25.8 Å². The molecule has 0 aliphatic carbocycles. The molecular formula is C23H24O6. The smallest absolute Gasteiger partial charge is 0.347 e. The SMILES string of the molecule is CCCCOC(=O)C(C)Oc1ccc2c(=O)c(-c3ccccc3OC)coc2c1. The Morgan fingerprint density at radius 1 is 1.14 bits per heavy atom. The van der Waals surface area contributed by atoms with Gasteiger partial charge in [-0.05, 0) is 31.5 Å². The number of ether oxygens (including phenoxy) is 3. The van der Waals surface area contributed by atoms with Gasteiger partial charge in [-0.2, -0.15) is 0 Å². The van der Waals surface area contributed by atoms with Gasteiger partial charge in [0.25, 0.3) is 0 Å². The molecule has 0 saturated heterocycles. The minimum Gasteiger partial charge on any atom is -0.496 e. The minimum atomic E-state index is -0.760. The van der Waals surface area contributed by atoms with Crippen LogP contribution in [0.1, 0.15) is 26.7 Å². The number of benzene rings is 2. The Morgan fingerprint density at radius 3 is 2.69 bits per heavy atom. The Balaban J connectivity index is 1.85. The summed E-state index contributed by atoms with van der Waals surface area (Å²) in [6.07, 6.45) is 2.41. The number of methoxy groups -OCH3 is 1. The zero-order chi connectivity index (χ0) is 20.8. The fraction of sp³-hybridized carbons (Fsp3) is 0.304. The first-order valence-electron chi connectivity index (χ1n) is 9.57. The molecule has 1 atom stereocenters. The normalized spacial score (nSPS) is 11.8. The van der Waals surface area contributed by atoms with Crippen LogP contribution in [0, 0.1) is 0 Å². The van der Waals surface area contributed by atoms with Gasteiger partial charge in [-0.25, -0.2) is 4.79 Å². The molecule has 0 N–H and O–H groups in total. The van der Waals surface area contributed by atoms with Crippen LogP contribution in [0.25, 0.3) is 22.1 Å². The van der Waals surface area contributed by atoms with Crippen molar-refractivity contribution in [2.45, 2.75) is 32.8 Å². The lowest BCUT2D eigenvalue weighted by molar-refractivity contribution is -0.151. The first-order chi connectivity index (χ1) is 14.0. The number of fused-ring (bicyclic) bond motifs is 1. The van der Waals surface area contributed by atoms with Gasteiger partial charge in [0.1, 0.15) is 23.3 Å². The molecule has 3 aromatic rings. The Bertz CT molecular complexity index is 1050. The largest absolute Gasteiger partial charge is 0.496 e. The molecular weight excluding hydrogens is 372 g/mol. The molecule has 0 fully saturated rings. The average Bonchev–Trinajstić information content (AvgIpc) is 2.74. The summed E-state index contributed by atoms with van der Waals surface area (Å²) < 4.78 is 21.8. The predicted octanol–water partition coefficient (Wildman–Crippen LogP) is 4.58. The van der Waals surface area contributed by atoms with E-state index in [2.05, 4.69) is 0 Å². The summed E-state index contributed by atoms with van der Waals surface area (Å²) in [6.45, 7) is 4.02. The summed E-state index contributed by atoms with van der Waals surface area (Å²) in [5, 5.41) is 0.416. The zero-order valence-electron chi connectivity index (χ0n) is 16.8. The molecule has 0 radical (unpaired) electrons. The number of carbonyl (C=O) groups excluding carboxylic acids is 1. The number of hydrogen-bond donors (Lipinski definition) is 0. The fourth-order valence-corrected chi connectivity index (χ4v) is 2.92. The molecule has 0 amide bonds. The van der Waals surface area contributed by atoms with Crippen molar-refractivity contribution < 1.29 is 23.4 Å². The Labute approximate surface area is 169 Å². The first kappa shape index (κ1) is 20.5. The van der Waals surface area contributed by atoms with Gasteiger partial charge in [-0.15, -0.1) is 0 Å². The zero-order valence-corrected chi connectivity index (χ0v) is 16.8. The van der Waals surface area contributed by atoms with E-state index in [9.17, 15) is 9.59 Å². The van der Waals surface area contributed by atoms with Gasteiger partial charge in [0.05, 0.1) is 24.7 Å². The Morgan fingerprint density at radius 2 is 1.93 bits per heavy atom. The van der Waals surface area contributed by atoms with Crippen molar-refractivity contribution in [3.05, 3.63) is 59.0 Å². The molecule has 152 valence electrons. The van der Waals surface area contributed by atoms with Gasteiger partial charge in [-0.1, -0.05) is 31.5 Å². The highest BCUT2D eigenvalue weighted by Gasteiger charge is 2.18. The van der Waals surface area contributed by atoms with Crippen molar-refractivity contribution >= 4 is 16.9 Å². The molecule has 29 heavy (non-hydrogen) atoms. The maximum atomic E-state index is 13.0. The van der Waals surface area contributed by atoms with E-state index in [4.69, 9.17) is 18.6 Å². The summed E-state index contributed by atoms with van der Waals surface area (Å²) >= 11 is 0. The highest BCUT2D eigenvalue weighted by Crippen LogP contribution is 2.29. The lowest BCUT2D eigenvalue weighted by atomic mass is 10.0. The van der Waals surface area contributed by atoms with Crippen LogP contribution in [0.3, 0.4) is 0 Å².